The SMILES string of the molecule is CC.Cc1nn(CC(C)(C)F)c2cc(-c3nn(C4CCCCO4)cc3[N+](=O)[O-])ncc12. The molecular formula is C21H29FN6O3. The van der Waals surface area contributed by atoms with E-state index in [-0.39, 0.29) is 24.2 Å². The molecule has 4 rings (SSSR count). The maximum atomic E-state index is 14.2. The zero-order valence-corrected chi connectivity index (χ0v) is 18.6. The number of ether oxygens (including phenoxy) is 1. The van der Waals surface area contributed by atoms with E-state index in [1.807, 2.05) is 20.8 Å². The molecule has 0 aliphatic carbocycles. The minimum atomic E-state index is -1.46. The van der Waals surface area contributed by atoms with Crippen LogP contribution in [0.1, 0.15) is 58.9 Å². The van der Waals surface area contributed by atoms with Crippen LogP contribution in [0.3, 0.4) is 0 Å². The number of hydrogen-bond acceptors (Lipinski definition) is 6. The summed E-state index contributed by atoms with van der Waals surface area (Å²) < 4.78 is 23.0. The van der Waals surface area contributed by atoms with Crippen LogP contribution in [0.5, 0.6) is 0 Å². The monoisotopic (exact) mass is 432 g/mol. The highest BCUT2D eigenvalue weighted by molar-refractivity contribution is 5.85. The average molecular weight is 433 g/mol. The Hall–Kier alpha value is -2.88. The third-order valence-electron chi connectivity index (χ3n) is 4.95. The van der Waals surface area contributed by atoms with Crippen LogP contribution in [-0.4, -0.2) is 41.7 Å². The number of pyridine rings is 1. The zero-order valence-electron chi connectivity index (χ0n) is 18.6. The first-order chi connectivity index (χ1) is 14.7. The lowest BCUT2D eigenvalue weighted by Gasteiger charge is -2.22. The van der Waals surface area contributed by atoms with E-state index < -0.39 is 10.6 Å². The van der Waals surface area contributed by atoms with Crippen molar-refractivity contribution in [3.63, 3.8) is 0 Å². The largest absolute Gasteiger partial charge is 0.357 e. The van der Waals surface area contributed by atoms with Gasteiger partial charge >= 0.3 is 5.69 Å². The van der Waals surface area contributed by atoms with E-state index in [9.17, 15) is 14.5 Å². The summed E-state index contributed by atoms with van der Waals surface area (Å²) in [5, 5.41) is 21.2. The van der Waals surface area contributed by atoms with Gasteiger partial charge in [-0.15, -0.1) is 0 Å². The van der Waals surface area contributed by atoms with Crippen molar-refractivity contribution in [3.8, 4) is 11.4 Å². The first kappa shape index (κ1) is 22.8. The van der Waals surface area contributed by atoms with Gasteiger partial charge in [-0.2, -0.15) is 10.2 Å². The standard InChI is InChI=1S/C19H23FN6O3.C2H6/c1-12-13-9-21-14(8-15(13)25(22-12)11-19(2,3)20)18-16(26(27)28)10-24(23-18)17-6-4-5-7-29-17;1-2/h8-10,17H,4-7,11H2,1-3H3;1-2H3. The van der Waals surface area contributed by atoms with Gasteiger partial charge in [0.25, 0.3) is 0 Å². The van der Waals surface area contributed by atoms with Crippen LogP contribution in [0.25, 0.3) is 22.3 Å². The summed E-state index contributed by atoms with van der Waals surface area (Å²) in [6.07, 6.45) is 5.38. The Balaban J connectivity index is 0.00000132. The lowest BCUT2D eigenvalue weighted by molar-refractivity contribution is -0.384. The Morgan fingerprint density at radius 1 is 1.32 bits per heavy atom. The molecule has 0 bridgehead atoms. The van der Waals surface area contributed by atoms with E-state index in [0.29, 0.717) is 17.8 Å². The molecule has 168 valence electrons. The molecule has 0 N–H and O–H groups in total. The molecular weight excluding hydrogens is 403 g/mol. The Labute approximate surface area is 180 Å². The van der Waals surface area contributed by atoms with Gasteiger partial charge in [0.2, 0.25) is 0 Å². The molecule has 3 aromatic rings. The quantitative estimate of drug-likeness (QED) is 0.416. The van der Waals surface area contributed by atoms with Crippen molar-refractivity contribution in [1.82, 2.24) is 24.5 Å². The zero-order chi connectivity index (χ0) is 22.8. The Morgan fingerprint density at radius 3 is 2.68 bits per heavy atom. The van der Waals surface area contributed by atoms with E-state index >= 15 is 0 Å². The van der Waals surface area contributed by atoms with Crippen molar-refractivity contribution in [1.29, 1.82) is 0 Å². The molecule has 1 aliphatic rings. The number of halogens is 1. The lowest BCUT2D eigenvalue weighted by atomic mass is 10.1. The highest BCUT2D eigenvalue weighted by Crippen LogP contribution is 2.33. The first-order valence-electron chi connectivity index (χ1n) is 10.6. The molecule has 4 heterocycles. The normalized spacial score (nSPS) is 16.8. The fraction of sp³-hybridized carbons (Fsp3) is 0.571. The summed E-state index contributed by atoms with van der Waals surface area (Å²) in [6, 6.07) is 1.68. The highest BCUT2D eigenvalue weighted by atomic mass is 19.1. The van der Waals surface area contributed by atoms with Crippen molar-refractivity contribution in [2.45, 2.75) is 72.3 Å². The van der Waals surface area contributed by atoms with Crippen LogP contribution in [0, 0.1) is 17.0 Å². The Kier molecular flexibility index (Phi) is 6.68. The number of nitro groups is 1. The molecule has 1 saturated heterocycles. The van der Waals surface area contributed by atoms with E-state index in [1.165, 1.54) is 24.7 Å². The summed E-state index contributed by atoms with van der Waals surface area (Å²) >= 11 is 0. The first-order valence-corrected chi connectivity index (χ1v) is 10.6. The van der Waals surface area contributed by atoms with Gasteiger partial charge in [-0.05, 0) is 46.1 Å². The molecule has 0 amide bonds. The molecule has 9 nitrogen and oxygen atoms in total. The molecule has 10 heteroatoms. The lowest BCUT2D eigenvalue weighted by Crippen LogP contribution is -2.21. The summed E-state index contributed by atoms with van der Waals surface area (Å²) in [7, 11) is 0. The number of aromatic nitrogens is 5. The third-order valence-corrected chi connectivity index (χ3v) is 4.95. The predicted molar refractivity (Wildman–Crippen MR) is 116 cm³/mol. The second-order valence-corrected chi connectivity index (χ2v) is 7.97. The molecule has 0 saturated carbocycles. The molecule has 0 spiro atoms. The van der Waals surface area contributed by atoms with Gasteiger partial charge in [-0.3, -0.25) is 19.8 Å². The molecule has 1 aliphatic heterocycles. The van der Waals surface area contributed by atoms with Crippen LogP contribution in [0.2, 0.25) is 0 Å². The number of alkyl halides is 1. The van der Waals surface area contributed by atoms with Crippen molar-refractivity contribution >= 4 is 16.6 Å². The van der Waals surface area contributed by atoms with Crippen LogP contribution in [0.4, 0.5) is 10.1 Å². The van der Waals surface area contributed by atoms with Gasteiger partial charge in [-0.1, -0.05) is 13.8 Å². The smallest absolute Gasteiger partial charge is 0.316 e. The molecule has 0 aromatic carbocycles. The highest BCUT2D eigenvalue weighted by Gasteiger charge is 2.27. The van der Waals surface area contributed by atoms with E-state index in [4.69, 9.17) is 4.74 Å². The molecule has 31 heavy (non-hydrogen) atoms. The maximum Gasteiger partial charge on any atom is 0.316 e. The van der Waals surface area contributed by atoms with Gasteiger partial charge in [0.05, 0.1) is 28.4 Å². The molecule has 0 radical (unpaired) electrons. The summed E-state index contributed by atoms with van der Waals surface area (Å²) in [5.41, 5.74) is 0.294. The van der Waals surface area contributed by atoms with Crippen LogP contribution >= 0.6 is 0 Å². The summed E-state index contributed by atoms with van der Waals surface area (Å²) in [4.78, 5) is 15.5. The number of fused-ring (bicyclic) bond motifs is 1. The van der Waals surface area contributed by atoms with Gasteiger partial charge < -0.3 is 4.74 Å². The maximum absolute atomic E-state index is 14.2. The fourth-order valence-corrected chi connectivity index (χ4v) is 3.61. The summed E-state index contributed by atoms with van der Waals surface area (Å²) in [5.74, 6) is 0. The third kappa shape index (κ3) is 4.90. The van der Waals surface area contributed by atoms with E-state index in [0.717, 1.165) is 30.3 Å². The number of rotatable bonds is 5. The summed E-state index contributed by atoms with van der Waals surface area (Å²) in [6.45, 7) is 9.45. The molecule has 1 fully saturated rings. The second kappa shape index (κ2) is 9.09. The minimum absolute atomic E-state index is 0.0627. The van der Waals surface area contributed by atoms with Gasteiger partial charge in [-0.25, -0.2) is 9.07 Å². The minimum Gasteiger partial charge on any atom is -0.357 e. The van der Waals surface area contributed by atoms with Crippen molar-refractivity contribution < 1.29 is 14.1 Å². The van der Waals surface area contributed by atoms with Gasteiger partial charge in [0.15, 0.2) is 5.69 Å². The van der Waals surface area contributed by atoms with Gasteiger partial charge in [0.1, 0.15) is 18.1 Å². The van der Waals surface area contributed by atoms with Gasteiger partial charge in [0, 0.05) is 18.2 Å². The Bertz CT molecular complexity index is 1060. The van der Waals surface area contributed by atoms with Crippen LogP contribution < -0.4 is 0 Å². The Morgan fingerprint density at radius 2 is 2.06 bits per heavy atom. The fourth-order valence-electron chi connectivity index (χ4n) is 3.61. The molecule has 1 unspecified atom stereocenters. The van der Waals surface area contributed by atoms with E-state index in [1.54, 1.807) is 16.9 Å². The van der Waals surface area contributed by atoms with Crippen molar-refractivity contribution in [3.05, 3.63) is 34.3 Å². The van der Waals surface area contributed by atoms with Crippen molar-refractivity contribution in [2.75, 3.05) is 6.61 Å². The topological polar surface area (TPSA) is 101 Å². The molecule has 3 aromatic heterocycles. The number of hydrogen-bond donors (Lipinski definition) is 0. The number of nitrogens with zero attached hydrogens (tertiary/aromatic N) is 6. The second-order valence-electron chi connectivity index (χ2n) is 7.97. The van der Waals surface area contributed by atoms with Crippen molar-refractivity contribution in [2.24, 2.45) is 0 Å². The average Bonchev–Trinajstić information content (AvgIpc) is 3.31. The van der Waals surface area contributed by atoms with E-state index in [2.05, 4.69) is 15.2 Å². The predicted octanol–water partition coefficient (Wildman–Crippen LogP) is 4.98. The number of aryl methyl sites for hydroxylation is 1. The van der Waals surface area contributed by atoms with Crippen LogP contribution in [-0.2, 0) is 11.3 Å². The molecule has 1 atom stereocenters. The van der Waals surface area contributed by atoms with Crippen LogP contribution in [0.15, 0.2) is 18.5 Å².